The summed E-state index contributed by atoms with van der Waals surface area (Å²) in [7, 11) is 0. The Bertz CT molecular complexity index is 1590. The number of hydrogen-bond acceptors (Lipinski definition) is 7. The highest BCUT2D eigenvalue weighted by atomic mass is 32.2. The molecule has 3 heterocycles. The van der Waals surface area contributed by atoms with Crippen LogP contribution < -0.4 is 10.5 Å². The summed E-state index contributed by atoms with van der Waals surface area (Å²) >= 11 is 1.45. The molecule has 6 rings (SSSR count). The smallest absolute Gasteiger partial charge is 0.336 e. The van der Waals surface area contributed by atoms with Crippen LogP contribution in [0.1, 0.15) is 5.56 Å². The molecule has 0 bridgehead atoms. The first-order valence-corrected chi connectivity index (χ1v) is 12.3. The quantitative estimate of drug-likeness (QED) is 0.200. The fourth-order valence-corrected chi connectivity index (χ4v) is 5.37. The van der Waals surface area contributed by atoms with Gasteiger partial charge in [0.05, 0.1) is 18.9 Å². The molecule has 0 saturated carbocycles. The van der Waals surface area contributed by atoms with Crippen molar-refractivity contribution >= 4 is 39.5 Å². The summed E-state index contributed by atoms with van der Waals surface area (Å²) in [6.07, 6.45) is 0. The van der Waals surface area contributed by atoms with Gasteiger partial charge in [0.2, 0.25) is 5.95 Å². The predicted molar refractivity (Wildman–Crippen MR) is 134 cm³/mol. The number of hydrogen-bond donors (Lipinski definition) is 0. The van der Waals surface area contributed by atoms with E-state index in [2.05, 4.69) is 15.1 Å². The fraction of sp³-hybridized carbons (Fsp3) is 0.192. The topological polar surface area (TPSA) is 73.4 Å². The molecular formula is C26H21FN4O3S. The first-order valence-electron chi connectivity index (χ1n) is 11.3. The van der Waals surface area contributed by atoms with Crippen LogP contribution in [-0.2, 0) is 10.5 Å². The molecule has 3 aromatic carbocycles. The number of morpholine rings is 1. The predicted octanol–water partition coefficient (Wildman–Crippen LogP) is 4.79. The number of thioether (sulfide) groups is 1. The summed E-state index contributed by atoms with van der Waals surface area (Å²) in [4.78, 5) is 14.4. The fourth-order valence-electron chi connectivity index (χ4n) is 4.44. The number of aromatic nitrogens is 3. The zero-order chi connectivity index (χ0) is 23.8. The molecular weight excluding hydrogens is 467 g/mol. The molecule has 9 heteroatoms. The minimum atomic E-state index is -0.399. The first kappa shape index (κ1) is 21.8. The van der Waals surface area contributed by atoms with Crippen molar-refractivity contribution in [1.29, 1.82) is 0 Å². The molecule has 2 aromatic heterocycles. The van der Waals surface area contributed by atoms with E-state index in [0.717, 1.165) is 21.7 Å². The van der Waals surface area contributed by atoms with Crippen LogP contribution in [-0.4, -0.2) is 41.1 Å². The van der Waals surface area contributed by atoms with E-state index in [1.54, 1.807) is 6.07 Å². The molecule has 35 heavy (non-hydrogen) atoms. The van der Waals surface area contributed by atoms with Crippen LogP contribution >= 0.6 is 11.8 Å². The molecule has 0 N–H and O–H groups in total. The maximum atomic E-state index is 14.1. The number of halogens is 1. The standard InChI is InChI=1S/C26H21FN4O3S/c27-19-5-3-6-20(15-19)31-25(30-10-12-33-13-11-30)28-29-26(31)35-16-18-14-23(32)34-22-9-8-17-4-1-2-7-21(17)24(18)22/h1-9,14-15H,10-13,16H2. The van der Waals surface area contributed by atoms with Gasteiger partial charge in [0.15, 0.2) is 5.16 Å². The Morgan fingerprint density at radius 3 is 2.69 bits per heavy atom. The van der Waals surface area contributed by atoms with E-state index < -0.39 is 5.63 Å². The van der Waals surface area contributed by atoms with Gasteiger partial charge in [0, 0.05) is 30.3 Å². The molecule has 0 amide bonds. The van der Waals surface area contributed by atoms with Gasteiger partial charge < -0.3 is 14.1 Å². The number of rotatable bonds is 5. The number of benzene rings is 3. The van der Waals surface area contributed by atoms with Gasteiger partial charge in [-0.1, -0.05) is 48.2 Å². The summed E-state index contributed by atoms with van der Waals surface area (Å²) in [6, 6.07) is 19.7. The Morgan fingerprint density at radius 1 is 0.971 bits per heavy atom. The number of nitrogens with zero attached hydrogens (tertiary/aromatic N) is 4. The zero-order valence-corrected chi connectivity index (χ0v) is 19.5. The van der Waals surface area contributed by atoms with Crippen LogP contribution in [0.15, 0.2) is 81.1 Å². The molecule has 0 unspecified atom stereocenters. The van der Waals surface area contributed by atoms with Crippen LogP contribution in [0.5, 0.6) is 0 Å². The van der Waals surface area contributed by atoms with Crippen LogP contribution in [0, 0.1) is 5.82 Å². The van der Waals surface area contributed by atoms with Crippen molar-refractivity contribution in [1.82, 2.24) is 14.8 Å². The Hall–Kier alpha value is -3.69. The van der Waals surface area contributed by atoms with Gasteiger partial charge in [-0.25, -0.2) is 9.18 Å². The third kappa shape index (κ3) is 4.17. The van der Waals surface area contributed by atoms with Gasteiger partial charge in [0.25, 0.3) is 0 Å². The summed E-state index contributed by atoms with van der Waals surface area (Å²) in [5.41, 5.74) is 1.64. The second-order valence-corrected chi connectivity index (χ2v) is 9.18. The second-order valence-electron chi connectivity index (χ2n) is 8.24. The van der Waals surface area contributed by atoms with Crippen molar-refractivity contribution in [2.75, 3.05) is 31.2 Å². The summed E-state index contributed by atoms with van der Waals surface area (Å²) < 4.78 is 27.0. The Kier molecular flexibility index (Phi) is 5.71. The second kappa shape index (κ2) is 9.16. The highest BCUT2D eigenvalue weighted by Crippen LogP contribution is 2.33. The SMILES string of the molecule is O=c1cc(CSc2nnc(N3CCOCC3)n2-c2cccc(F)c2)c2c(ccc3ccccc32)o1. The van der Waals surface area contributed by atoms with E-state index >= 15 is 0 Å². The summed E-state index contributed by atoms with van der Waals surface area (Å²) in [6.45, 7) is 2.54. The third-order valence-corrected chi connectivity index (χ3v) is 7.03. The van der Waals surface area contributed by atoms with Gasteiger partial charge in [-0.3, -0.25) is 4.57 Å². The van der Waals surface area contributed by atoms with E-state index in [1.165, 1.54) is 30.0 Å². The van der Waals surface area contributed by atoms with E-state index in [-0.39, 0.29) is 5.82 Å². The van der Waals surface area contributed by atoms with Crippen molar-refractivity contribution in [3.8, 4) is 5.69 Å². The Morgan fingerprint density at radius 2 is 1.83 bits per heavy atom. The van der Waals surface area contributed by atoms with Crippen molar-refractivity contribution in [3.05, 3.63) is 88.5 Å². The van der Waals surface area contributed by atoms with E-state index in [1.807, 2.05) is 47.0 Å². The molecule has 1 aliphatic heterocycles. The highest BCUT2D eigenvalue weighted by molar-refractivity contribution is 7.98. The summed E-state index contributed by atoms with van der Waals surface area (Å²) in [5, 5.41) is 12.5. The largest absolute Gasteiger partial charge is 0.423 e. The van der Waals surface area contributed by atoms with Crippen molar-refractivity contribution in [2.45, 2.75) is 10.9 Å². The molecule has 0 atom stereocenters. The Balaban J connectivity index is 1.43. The number of anilines is 1. The van der Waals surface area contributed by atoms with Crippen LogP contribution in [0.4, 0.5) is 10.3 Å². The van der Waals surface area contributed by atoms with E-state index in [4.69, 9.17) is 9.15 Å². The lowest BCUT2D eigenvalue weighted by Crippen LogP contribution is -2.37. The highest BCUT2D eigenvalue weighted by Gasteiger charge is 2.22. The Labute approximate surface area is 204 Å². The van der Waals surface area contributed by atoms with Gasteiger partial charge in [-0.2, -0.15) is 0 Å². The average molecular weight is 489 g/mol. The van der Waals surface area contributed by atoms with Crippen LogP contribution in [0.2, 0.25) is 0 Å². The average Bonchev–Trinajstić information content (AvgIpc) is 3.31. The van der Waals surface area contributed by atoms with Gasteiger partial charge in [-0.05, 0) is 40.6 Å². The zero-order valence-electron chi connectivity index (χ0n) is 18.7. The molecule has 0 spiro atoms. The molecule has 176 valence electrons. The van der Waals surface area contributed by atoms with Gasteiger partial charge in [0.1, 0.15) is 11.4 Å². The molecule has 7 nitrogen and oxygen atoms in total. The van der Waals surface area contributed by atoms with Gasteiger partial charge in [-0.15, -0.1) is 10.2 Å². The molecule has 0 radical (unpaired) electrons. The maximum absolute atomic E-state index is 14.1. The molecule has 0 aliphatic carbocycles. The van der Waals surface area contributed by atoms with E-state index in [0.29, 0.717) is 54.4 Å². The third-order valence-electron chi connectivity index (χ3n) is 6.05. The van der Waals surface area contributed by atoms with Crippen molar-refractivity contribution in [2.24, 2.45) is 0 Å². The minimum Gasteiger partial charge on any atom is -0.423 e. The van der Waals surface area contributed by atoms with E-state index in [9.17, 15) is 9.18 Å². The normalized spacial score (nSPS) is 14.1. The first-order chi connectivity index (χ1) is 17.2. The molecule has 1 aliphatic rings. The minimum absolute atomic E-state index is 0.335. The number of ether oxygens (including phenoxy) is 1. The van der Waals surface area contributed by atoms with Gasteiger partial charge >= 0.3 is 5.63 Å². The number of fused-ring (bicyclic) bond motifs is 3. The van der Waals surface area contributed by atoms with Crippen LogP contribution in [0.25, 0.3) is 27.4 Å². The lowest BCUT2D eigenvalue weighted by atomic mass is 10.0. The van der Waals surface area contributed by atoms with Crippen molar-refractivity contribution in [3.63, 3.8) is 0 Å². The summed E-state index contributed by atoms with van der Waals surface area (Å²) in [5.74, 6) is 0.773. The molecule has 1 saturated heterocycles. The van der Waals surface area contributed by atoms with Crippen molar-refractivity contribution < 1.29 is 13.5 Å². The lowest BCUT2D eigenvalue weighted by Gasteiger charge is -2.27. The van der Waals surface area contributed by atoms with Crippen LogP contribution in [0.3, 0.4) is 0 Å². The maximum Gasteiger partial charge on any atom is 0.336 e. The lowest BCUT2D eigenvalue weighted by molar-refractivity contribution is 0.122. The monoisotopic (exact) mass is 488 g/mol. The molecule has 5 aromatic rings. The molecule has 1 fully saturated rings.